The molecule has 0 fully saturated rings. The highest BCUT2D eigenvalue weighted by Crippen LogP contribution is 2.22. The third-order valence-corrected chi connectivity index (χ3v) is 3.85. The van der Waals surface area contributed by atoms with E-state index in [4.69, 9.17) is 5.11 Å². The summed E-state index contributed by atoms with van der Waals surface area (Å²) in [5.74, 6) is -5.32. The number of ether oxygens (including phenoxy) is 1. The van der Waals surface area contributed by atoms with Crippen LogP contribution in [-0.4, -0.2) is 39.0 Å². The number of aromatic carboxylic acids is 1. The lowest BCUT2D eigenvalue weighted by Crippen LogP contribution is -2.16. The van der Waals surface area contributed by atoms with E-state index < -0.39 is 43.7 Å². The zero-order valence-corrected chi connectivity index (χ0v) is 10.1. The van der Waals surface area contributed by atoms with Gasteiger partial charge < -0.3 is 9.84 Å². The molecule has 5 nitrogen and oxygen atoms in total. The summed E-state index contributed by atoms with van der Waals surface area (Å²) < 4.78 is 54.6. The van der Waals surface area contributed by atoms with Crippen LogP contribution >= 0.6 is 0 Å². The molecule has 0 aliphatic carbocycles. The predicted octanol–water partition coefficient (Wildman–Crippen LogP) is 1.08. The molecule has 0 saturated heterocycles. The summed E-state index contributed by atoms with van der Waals surface area (Å²) in [5.41, 5.74) is -1.28. The molecule has 0 radical (unpaired) electrons. The van der Waals surface area contributed by atoms with Crippen molar-refractivity contribution in [3.63, 3.8) is 0 Å². The molecule has 1 aromatic carbocycles. The minimum atomic E-state index is -4.06. The van der Waals surface area contributed by atoms with Crippen LogP contribution in [0.25, 0.3) is 0 Å². The average Bonchev–Trinajstić information content (AvgIpc) is 2.25. The van der Waals surface area contributed by atoms with Crippen LogP contribution in [-0.2, 0) is 14.6 Å². The van der Waals surface area contributed by atoms with Gasteiger partial charge in [0, 0.05) is 7.11 Å². The Morgan fingerprint density at radius 3 is 2.50 bits per heavy atom. The van der Waals surface area contributed by atoms with Crippen LogP contribution in [0.5, 0.6) is 0 Å². The number of carbonyl (C=O) groups is 1. The second-order valence-electron chi connectivity index (χ2n) is 3.35. The summed E-state index contributed by atoms with van der Waals surface area (Å²) in [4.78, 5) is 9.79. The number of carboxylic acids is 1. The molecule has 0 aliphatic heterocycles. The van der Waals surface area contributed by atoms with E-state index in [-0.39, 0.29) is 6.61 Å². The van der Waals surface area contributed by atoms with Gasteiger partial charge in [0.05, 0.1) is 12.4 Å². The second-order valence-corrected chi connectivity index (χ2v) is 5.43. The van der Waals surface area contributed by atoms with Crippen molar-refractivity contribution in [1.29, 1.82) is 0 Å². The van der Waals surface area contributed by atoms with Crippen LogP contribution in [0, 0.1) is 11.6 Å². The molecule has 0 amide bonds. The molecule has 1 rings (SSSR count). The number of sulfone groups is 1. The van der Waals surface area contributed by atoms with Crippen molar-refractivity contribution in [2.45, 2.75) is 4.90 Å². The fraction of sp³-hybridized carbons (Fsp3) is 0.300. The zero-order valence-electron chi connectivity index (χ0n) is 9.31. The molecule has 0 bridgehead atoms. The van der Waals surface area contributed by atoms with Crippen molar-refractivity contribution in [3.8, 4) is 0 Å². The van der Waals surface area contributed by atoms with Crippen molar-refractivity contribution in [2.75, 3.05) is 19.5 Å². The molecule has 0 spiro atoms. The first-order valence-corrected chi connectivity index (χ1v) is 6.39. The highest BCUT2D eigenvalue weighted by molar-refractivity contribution is 7.91. The maximum Gasteiger partial charge on any atom is 0.341 e. The first-order chi connectivity index (χ1) is 8.31. The van der Waals surface area contributed by atoms with Gasteiger partial charge in [0.25, 0.3) is 0 Å². The quantitative estimate of drug-likeness (QED) is 0.816. The Balaban J connectivity index is 3.36. The normalized spacial score (nSPS) is 11.5. The van der Waals surface area contributed by atoms with Crippen LogP contribution in [0.4, 0.5) is 8.78 Å². The molecule has 0 saturated carbocycles. The molecule has 0 atom stereocenters. The standard InChI is InChI=1S/C10H10F2O5S/c1-17-4-5-18(15,16)7-3-2-6(11)8(9(7)12)10(13)14/h2-3H,4-5H2,1H3,(H,13,14). The number of hydrogen-bond acceptors (Lipinski definition) is 4. The number of rotatable bonds is 5. The van der Waals surface area contributed by atoms with Gasteiger partial charge in [-0.3, -0.25) is 0 Å². The van der Waals surface area contributed by atoms with E-state index in [1.54, 1.807) is 0 Å². The second kappa shape index (κ2) is 5.40. The van der Waals surface area contributed by atoms with Crippen molar-refractivity contribution in [1.82, 2.24) is 0 Å². The smallest absolute Gasteiger partial charge is 0.341 e. The monoisotopic (exact) mass is 280 g/mol. The van der Waals surface area contributed by atoms with Crippen LogP contribution < -0.4 is 0 Å². The number of benzene rings is 1. The largest absolute Gasteiger partial charge is 0.477 e. The summed E-state index contributed by atoms with van der Waals surface area (Å²) in [6.45, 7) is -0.179. The van der Waals surface area contributed by atoms with E-state index in [0.717, 1.165) is 0 Å². The van der Waals surface area contributed by atoms with Crippen molar-refractivity contribution in [2.24, 2.45) is 0 Å². The van der Waals surface area contributed by atoms with Crippen molar-refractivity contribution >= 4 is 15.8 Å². The van der Waals surface area contributed by atoms with Crippen LogP contribution in [0.1, 0.15) is 10.4 Å². The Bertz CT molecular complexity index is 568. The molecule has 8 heteroatoms. The van der Waals surface area contributed by atoms with E-state index in [1.807, 2.05) is 0 Å². The van der Waals surface area contributed by atoms with Gasteiger partial charge in [0.15, 0.2) is 15.7 Å². The Morgan fingerprint density at radius 1 is 1.39 bits per heavy atom. The lowest BCUT2D eigenvalue weighted by molar-refractivity contribution is 0.0685. The van der Waals surface area contributed by atoms with Gasteiger partial charge in [-0.2, -0.15) is 0 Å². The molecule has 1 N–H and O–H groups in total. The Kier molecular flexibility index (Phi) is 4.36. The number of hydrogen-bond donors (Lipinski definition) is 1. The maximum atomic E-state index is 13.7. The van der Waals surface area contributed by atoms with Crippen LogP contribution in [0.3, 0.4) is 0 Å². The number of carboxylic acid groups (broad SMARTS) is 1. The average molecular weight is 280 g/mol. The highest BCUT2D eigenvalue weighted by atomic mass is 32.2. The summed E-state index contributed by atoms with van der Waals surface area (Å²) in [6, 6.07) is 1.30. The van der Waals surface area contributed by atoms with Crippen LogP contribution in [0.2, 0.25) is 0 Å². The van der Waals surface area contributed by atoms with Crippen LogP contribution in [0.15, 0.2) is 17.0 Å². The van der Waals surface area contributed by atoms with Gasteiger partial charge in [-0.1, -0.05) is 0 Å². The van der Waals surface area contributed by atoms with Gasteiger partial charge in [-0.25, -0.2) is 22.0 Å². The van der Waals surface area contributed by atoms with E-state index in [9.17, 15) is 22.0 Å². The fourth-order valence-electron chi connectivity index (χ4n) is 1.27. The lowest BCUT2D eigenvalue weighted by atomic mass is 10.2. The minimum Gasteiger partial charge on any atom is -0.477 e. The molecule has 0 heterocycles. The Morgan fingerprint density at radius 2 is 2.00 bits per heavy atom. The maximum absolute atomic E-state index is 13.7. The Labute approximate surface area is 102 Å². The van der Waals surface area contributed by atoms with Crippen molar-refractivity contribution in [3.05, 3.63) is 29.3 Å². The van der Waals surface area contributed by atoms with Gasteiger partial charge in [0.1, 0.15) is 16.3 Å². The predicted molar refractivity (Wildman–Crippen MR) is 57.2 cm³/mol. The van der Waals surface area contributed by atoms with Gasteiger partial charge in [0.2, 0.25) is 0 Å². The summed E-state index contributed by atoms with van der Waals surface area (Å²) in [5, 5.41) is 8.61. The number of methoxy groups -OCH3 is 1. The van der Waals surface area contributed by atoms with Crippen molar-refractivity contribution < 1.29 is 31.8 Å². The Hall–Kier alpha value is -1.54. The summed E-state index contributed by atoms with van der Waals surface area (Å²) in [7, 11) is -2.79. The molecule has 100 valence electrons. The molecule has 0 unspecified atom stereocenters. The third kappa shape index (κ3) is 2.82. The fourth-order valence-corrected chi connectivity index (χ4v) is 2.53. The molecular formula is C10H10F2O5S. The minimum absolute atomic E-state index is 0.179. The van der Waals surface area contributed by atoms with Gasteiger partial charge in [-0.05, 0) is 12.1 Å². The highest BCUT2D eigenvalue weighted by Gasteiger charge is 2.26. The first kappa shape index (κ1) is 14.5. The van der Waals surface area contributed by atoms with E-state index >= 15 is 0 Å². The number of halogens is 2. The van der Waals surface area contributed by atoms with E-state index in [2.05, 4.69) is 4.74 Å². The van der Waals surface area contributed by atoms with Gasteiger partial charge >= 0.3 is 5.97 Å². The summed E-state index contributed by atoms with van der Waals surface area (Å²) >= 11 is 0. The first-order valence-electron chi connectivity index (χ1n) is 4.74. The summed E-state index contributed by atoms with van der Waals surface area (Å²) in [6.07, 6.45) is 0. The molecule has 0 aromatic heterocycles. The molecule has 0 aliphatic rings. The molecule has 1 aromatic rings. The van der Waals surface area contributed by atoms with Gasteiger partial charge in [-0.15, -0.1) is 0 Å². The zero-order chi connectivity index (χ0) is 13.9. The molecule has 18 heavy (non-hydrogen) atoms. The van der Waals surface area contributed by atoms with E-state index in [1.165, 1.54) is 7.11 Å². The third-order valence-electron chi connectivity index (χ3n) is 2.16. The molecular weight excluding hydrogens is 270 g/mol. The lowest BCUT2D eigenvalue weighted by Gasteiger charge is -2.07. The topological polar surface area (TPSA) is 80.7 Å². The van der Waals surface area contributed by atoms with E-state index in [0.29, 0.717) is 12.1 Å². The SMILES string of the molecule is COCCS(=O)(=O)c1ccc(F)c(C(=O)O)c1F.